The Bertz CT molecular complexity index is 961. The number of nitro benzene ring substituents is 1. The first kappa shape index (κ1) is 17.4. The number of halogens is 1. The van der Waals surface area contributed by atoms with E-state index >= 15 is 0 Å². The number of carbonyl (C=O) groups is 1. The van der Waals surface area contributed by atoms with Gasteiger partial charge >= 0.3 is 0 Å². The standard InChI is InChI=1S/C19H13ClN2O4/c20-15-12-13(10-11-17(15)22(24)25)19(23)21-16-8-4-5-9-18(16)26-14-6-2-1-3-7-14/h1-12H,(H,21,23). The highest BCUT2D eigenvalue weighted by Crippen LogP contribution is 2.30. The number of nitrogens with zero attached hydrogens (tertiary/aromatic N) is 1. The molecule has 0 spiro atoms. The average molecular weight is 369 g/mol. The molecule has 7 heteroatoms. The Morgan fingerprint density at radius 2 is 1.69 bits per heavy atom. The summed E-state index contributed by atoms with van der Waals surface area (Å²) in [6, 6.07) is 19.9. The summed E-state index contributed by atoms with van der Waals surface area (Å²) in [5.74, 6) is 0.651. The second-order valence-electron chi connectivity index (χ2n) is 5.29. The number of nitrogens with one attached hydrogen (secondary N) is 1. The van der Waals surface area contributed by atoms with Crippen LogP contribution in [-0.2, 0) is 0 Å². The van der Waals surface area contributed by atoms with Crippen molar-refractivity contribution in [2.24, 2.45) is 0 Å². The minimum absolute atomic E-state index is 0.100. The highest BCUT2D eigenvalue weighted by Gasteiger charge is 2.16. The number of benzene rings is 3. The van der Waals surface area contributed by atoms with Gasteiger partial charge in [-0.25, -0.2) is 0 Å². The van der Waals surface area contributed by atoms with Crippen molar-refractivity contribution in [1.82, 2.24) is 0 Å². The van der Waals surface area contributed by atoms with Crippen LogP contribution in [0.4, 0.5) is 11.4 Å². The second kappa shape index (κ2) is 7.67. The number of para-hydroxylation sites is 3. The molecule has 0 aliphatic rings. The predicted octanol–water partition coefficient (Wildman–Crippen LogP) is 5.29. The Balaban J connectivity index is 1.82. The summed E-state index contributed by atoms with van der Waals surface area (Å²) in [7, 11) is 0. The van der Waals surface area contributed by atoms with E-state index in [0.29, 0.717) is 17.2 Å². The predicted molar refractivity (Wildman–Crippen MR) is 99.0 cm³/mol. The molecule has 0 atom stereocenters. The second-order valence-corrected chi connectivity index (χ2v) is 5.70. The van der Waals surface area contributed by atoms with Crippen LogP contribution in [-0.4, -0.2) is 10.8 Å². The van der Waals surface area contributed by atoms with Gasteiger partial charge in [0.15, 0.2) is 5.75 Å². The molecule has 1 amide bonds. The summed E-state index contributed by atoms with van der Waals surface area (Å²) in [6.45, 7) is 0. The van der Waals surface area contributed by atoms with Gasteiger partial charge in [0.05, 0.1) is 10.6 Å². The molecular formula is C19H13ClN2O4. The number of amides is 1. The Hall–Kier alpha value is -3.38. The van der Waals surface area contributed by atoms with E-state index in [9.17, 15) is 14.9 Å². The molecule has 0 saturated heterocycles. The maximum atomic E-state index is 12.5. The third-order valence-electron chi connectivity index (χ3n) is 3.51. The number of rotatable bonds is 5. The summed E-state index contributed by atoms with van der Waals surface area (Å²) >= 11 is 5.86. The molecule has 1 N–H and O–H groups in total. The minimum atomic E-state index is -0.604. The smallest absolute Gasteiger partial charge is 0.287 e. The van der Waals surface area contributed by atoms with Crippen LogP contribution in [0, 0.1) is 10.1 Å². The third-order valence-corrected chi connectivity index (χ3v) is 3.82. The molecule has 0 radical (unpaired) electrons. The minimum Gasteiger partial charge on any atom is -0.455 e. The zero-order valence-corrected chi connectivity index (χ0v) is 14.1. The fourth-order valence-electron chi connectivity index (χ4n) is 2.27. The lowest BCUT2D eigenvalue weighted by Gasteiger charge is -2.12. The van der Waals surface area contributed by atoms with Gasteiger partial charge in [-0.15, -0.1) is 0 Å². The number of anilines is 1. The van der Waals surface area contributed by atoms with Gasteiger partial charge in [-0.1, -0.05) is 41.9 Å². The summed E-state index contributed by atoms with van der Waals surface area (Å²) in [5.41, 5.74) is 0.418. The zero-order valence-electron chi connectivity index (χ0n) is 13.4. The SMILES string of the molecule is O=C(Nc1ccccc1Oc1ccccc1)c1ccc([N+](=O)[O-])c(Cl)c1. The zero-order chi connectivity index (χ0) is 18.5. The topological polar surface area (TPSA) is 81.5 Å². The van der Waals surface area contributed by atoms with Crippen molar-refractivity contribution < 1.29 is 14.5 Å². The van der Waals surface area contributed by atoms with Crippen molar-refractivity contribution in [2.75, 3.05) is 5.32 Å². The first-order valence-electron chi connectivity index (χ1n) is 7.62. The third kappa shape index (κ3) is 3.99. The van der Waals surface area contributed by atoms with Gasteiger partial charge < -0.3 is 10.1 Å². The van der Waals surface area contributed by atoms with Crippen LogP contribution < -0.4 is 10.1 Å². The Labute approximate surface area is 154 Å². The first-order chi connectivity index (χ1) is 12.5. The molecule has 0 aliphatic heterocycles. The molecule has 3 aromatic rings. The van der Waals surface area contributed by atoms with Gasteiger partial charge in [0.25, 0.3) is 11.6 Å². The van der Waals surface area contributed by atoms with Crippen LogP contribution >= 0.6 is 11.6 Å². The van der Waals surface area contributed by atoms with Crippen molar-refractivity contribution in [2.45, 2.75) is 0 Å². The van der Waals surface area contributed by atoms with Crippen LogP contribution in [0.25, 0.3) is 0 Å². The molecule has 0 saturated carbocycles. The van der Waals surface area contributed by atoms with E-state index in [0.717, 1.165) is 0 Å². The number of hydrogen-bond donors (Lipinski definition) is 1. The highest BCUT2D eigenvalue weighted by molar-refractivity contribution is 6.33. The van der Waals surface area contributed by atoms with Crippen LogP contribution in [0.15, 0.2) is 72.8 Å². The first-order valence-corrected chi connectivity index (χ1v) is 7.99. The van der Waals surface area contributed by atoms with Gasteiger partial charge in [0, 0.05) is 11.6 Å². The summed E-state index contributed by atoms with van der Waals surface area (Å²) in [6.07, 6.45) is 0. The molecule has 0 heterocycles. The van der Waals surface area contributed by atoms with Gasteiger partial charge in [-0.2, -0.15) is 0 Å². The number of carbonyl (C=O) groups excluding carboxylic acids is 1. The Morgan fingerprint density at radius 1 is 1.00 bits per heavy atom. The summed E-state index contributed by atoms with van der Waals surface area (Å²) < 4.78 is 5.79. The molecule has 130 valence electrons. The number of ether oxygens (including phenoxy) is 1. The number of hydrogen-bond acceptors (Lipinski definition) is 4. The normalized spacial score (nSPS) is 10.2. The van der Waals surface area contributed by atoms with E-state index in [1.54, 1.807) is 36.4 Å². The van der Waals surface area contributed by atoms with Crippen molar-refractivity contribution in [1.29, 1.82) is 0 Å². The van der Waals surface area contributed by atoms with Gasteiger partial charge in [-0.05, 0) is 36.4 Å². The molecular weight excluding hydrogens is 356 g/mol. The van der Waals surface area contributed by atoms with E-state index in [1.165, 1.54) is 18.2 Å². The Morgan fingerprint density at radius 3 is 2.38 bits per heavy atom. The molecule has 0 bridgehead atoms. The fourth-order valence-corrected chi connectivity index (χ4v) is 2.51. The van der Waals surface area contributed by atoms with Crippen molar-refractivity contribution in [3.8, 4) is 11.5 Å². The lowest BCUT2D eigenvalue weighted by Crippen LogP contribution is -2.12. The fraction of sp³-hybridized carbons (Fsp3) is 0. The van der Waals surface area contributed by atoms with Crippen molar-refractivity contribution in [3.63, 3.8) is 0 Å². The van der Waals surface area contributed by atoms with E-state index in [4.69, 9.17) is 16.3 Å². The monoisotopic (exact) mass is 368 g/mol. The van der Waals surface area contributed by atoms with E-state index in [-0.39, 0.29) is 16.3 Å². The van der Waals surface area contributed by atoms with Gasteiger partial charge in [-0.3, -0.25) is 14.9 Å². The van der Waals surface area contributed by atoms with E-state index in [2.05, 4.69) is 5.32 Å². The summed E-state index contributed by atoms with van der Waals surface area (Å²) in [4.78, 5) is 22.7. The largest absolute Gasteiger partial charge is 0.455 e. The molecule has 3 rings (SSSR count). The van der Waals surface area contributed by atoms with Crippen LogP contribution in [0.5, 0.6) is 11.5 Å². The van der Waals surface area contributed by atoms with Crippen molar-refractivity contribution >= 4 is 28.9 Å². The molecule has 0 aliphatic carbocycles. The average Bonchev–Trinajstić information content (AvgIpc) is 2.63. The lowest BCUT2D eigenvalue weighted by molar-refractivity contribution is -0.384. The van der Waals surface area contributed by atoms with E-state index in [1.807, 2.05) is 18.2 Å². The van der Waals surface area contributed by atoms with Gasteiger partial charge in [0.2, 0.25) is 0 Å². The van der Waals surface area contributed by atoms with Crippen molar-refractivity contribution in [3.05, 3.63) is 93.5 Å². The maximum Gasteiger partial charge on any atom is 0.287 e. The van der Waals surface area contributed by atoms with Crippen LogP contribution in [0.2, 0.25) is 5.02 Å². The number of nitro groups is 1. The molecule has 26 heavy (non-hydrogen) atoms. The molecule has 6 nitrogen and oxygen atoms in total. The quantitative estimate of drug-likeness (QED) is 0.489. The Kier molecular flexibility index (Phi) is 5.15. The molecule has 3 aromatic carbocycles. The lowest BCUT2D eigenvalue weighted by atomic mass is 10.2. The van der Waals surface area contributed by atoms with Crippen LogP contribution in [0.1, 0.15) is 10.4 Å². The van der Waals surface area contributed by atoms with Gasteiger partial charge in [0.1, 0.15) is 10.8 Å². The molecule has 0 aromatic heterocycles. The molecule has 0 fully saturated rings. The molecule has 0 unspecified atom stereocenters. The summed E-state index contributed by atoms with van der Waals surface area (Å²) in [5, 5.41) is 13.4. The highest BCUT2D eigenvalue weighted by atomic mass is 35.5. The maximum absolute atomic E-state index is 12.5. The van der Waals surface area contributed by atoms with E-state index < -0.39 is 10.8 Å². The van der Waals surface area contributed by atoms with Crippen LogP contribution in [0.3, 0.4) is 0 Å².